The van der Waals surface area contributed by atoms with E-state index in [4.69, 9.17) is 33.0 Å². The normalized spacial score (nSPS) is 34.4. The molecule has 1 N–H and O–H groups in total. The molecule has 0 saturated heterocycles. The number of nitrogens with zero attached hydrogens (tertiary/aromatic N) is 2. The first kappa shape index (κ1) is 27.6. The number of ether oxygens (including phenoxy) is 1. The highest BCUT2D eigenvalue weighted by Gasteiger charge is 2.59. The van der Waals surface area contributed by atoms with Gasteiger partial charge in [0.25, 0.3) is 0 Å². The van der Waals surface area contributed by atoms with Gasteiger partial charge in [0.2, 0.25) is 0 Å². The average molecular weight is 592 g/mol. The Kier molecular flexibility index (Phi) is 6.84. The molecule has 216 valence electrons. The molecule has 3 saturated carbocycles. The fourth-order valence-electron chi connectivity index (χ4n) is 9.48. The molecule has 41 heavy (non-hydrogen) atoms. The topological polar surface area (TPSA) is 47.3 Å². The predicted molar refractivity (Wildman–Crippen MR) is 166 cm³/mol. The molecule has 3 aromatic rings. The lowest BCUT2D eigenvalue weighted by Crippen LogP contribution is -2.50. The molecule has 4 aliphatic rings. The Bertz CT molecular complexity index is 1500. The zero-order valence-corrected chi connectivity index (χ0v) is 25.8. The third kappa shape index (κ3) is 4.39. The molecular weight excluding hydrogens is 551 g/mol. The van der Waals surface area contributed by atoms with Gasteiger partial charge in [-0.15, -0.1) is 0 Å². The molecule has 2 aromatic carbocycles. The molecule has 7 atom stereocenters. The second kappa shape index (κ2) is 10.2. The Hall–Kier alpha value is -2.27. The van der Waals surface area contributed by atoms with E-state index < -0.39 is 0 Å². The highest BCUT2D eigenvalue weighted by Crippen LogP contribution is 2.68. The highest BCUT2D eigenvalue weighted by molar-refractivity contribution is 6.42. The van der Waals surface area contributed by atoms with Crippen molar-refractivity contribution in [3.05, 3.63) is 75.9 Å². The maximum atomic E-state index is 10.4. The van der Waals surface area contributed by atoms with E-state index in [0.29, 0.717) is 21.9 Å². The lowest BCUT2D eigenvalue weighted by molar-refractivity contribution is -0.0412. The number of allylic oxidation sites excluding steroid dienone is 1. The van der Waals surface area contributed by atoms with Crippen molar-refractivity contribution >= 4 is 23.2 Å². The quantitative estimate of drug-likeness (QED) is 0.308. The molecular formula is C35H40Cl2N2O2. The van der Waals surface area contributed by atoms with Gasteiger partial charge in [0, 0.05) is 11.5 Å². The number of hydrogen-bond donors (Lipinski definition) is 1. The first-order valence-electron chi connectivity index (χ1n) is 15.3. The van der Waals surface area contributed by atoms with Crippen molar-refractivity contribution in [2.75, 3.05) is 7.11 Å². The van der Waals surface area contributed by atoms with Gasteiger partial charge in [-0.25, -0.2) is 4.68 Å². The number of halogens is 2. The number of methoxy groups -OCH3 is 1. The molecule has 0 spiro atoms. The first-order chi connectivity index (χ1) is 19.7. The van der Waals surface area contributed by atoms with E-state index in [1.165, 1.54) is 37.8 Å². The minimum absolute atomic E-state index is 0.152. The fourth-order valence-corrected chi connectivity index (χ4v) is 9.78. The summed E-state index contributed by atoms with van der Waals surface area (Å²) in [4.78, 5) is 0. The van der Waals surface area contributed by atoms with Crippen LogP contribution in [0.25, 0.3) is 16.9 Å². The maximum absolute atomic E-state index is 10.4. The van der Waals surface area contributed by atoms with Gasteiger partial charge < -0.3 is 9.84 Å². The van der Waals surface area contributed by atoms with Crippen molar-refractivity contribution in [1.29, 1.82) is 0 Å². The summed E-state index contributed by atoms with van der Waals surface area (Å²) in [7, 11) is 1.69. The molecule has 1 aromatic heterocycles. The summed E-state index contributed by atoms with van der Waals surface area (Å²) in [6.07, 6.45) is 11.5. The van der Waals surface area contributed by atoms with E-state index in [1.54, 1.807) is 12.7 Å². The summed E-state index contributed by atoms with van der Waals surface area (Å²) < 4.78 is 7.49. The third-order valence-electron chi connectivity index (χ3n) is 11.7. The Morgan fingerprint density at radius 2 is 1.73 bits per heavy atom. The van der Waals surface area contributed by atoms with Crippen molar-refractivity contribution in [3.63, 3.8) is 0 Å². The predicted octanol–water partition coefficient (Wildman–Crippen LogP) is 9.26. The van der Waals surface area contributed by atoms with Gasteiger partial charge >= 0.3 is 0 Å². The number of rotatable bonds is 4. The van der Waals surface area contributed by atoms with Gasteiger partial charge in [-0.2, -0.15) is 5.10 Å². The molecule has 0 aliphatic heterocycles. The average Bonchev–Trinajstić information content (AvgIpc) is 3.56. The number of hydrogen-bond acceptors (Lipinski definition) is 3. The largest absolute Gasteiger partial charge is 0.497 e. The van der Waals surface area contributed by atoms with Crippen LogP contribution < -0.4 is 4.74 Å². The lowest BCUT2D eigenvalue weighted by atomic mass is 9.47. The Morgan fingerprint density at radius 3 is 2.49 bits per heavy atom. The highest BCUT2D eigenvalue weighted by atomic mass is 35.5. The van der Waals surface area contributed by atoms with Crippen LogP contribution in [-0.2, 0) is 0 Å². The smallest absolute Gasteiger partial charge is 0.119 e. The molecule has 7 rings (SSSR count). The summed E-state index contributed by atoms with van der Waals surface area (Å²) in [5, 5.41) is 16.8. The van der Waals surface area contributed by atoms with Crippen LogP contribution >= 0.6 is 23.2 Å². The molecule has 0 bridgehead atoms. The monoisotopic (exact) mass is 590 g/mol. The van der Waals surface area contributed by atoms with Crippen LogP contribution in [-0.4, -0.2) is 28.1 Å². The van der Waals surface area contributed by atoms with E-state index in [9.17, 15) is 5.11 Å². The van der Waals surface area contributed by atoms with Crippen LogP contribution in [0.3, 0.4) is 0 Å². The van der Waals surface area contributed by atoms with Crippen molar-refractivity contribution < 1.29 is 9.84 Å². The SMILES string of the molecule is COc1ccc(-n2nc([C@H]3CC[C@H]4[C@@H]5CC=C6C[C@@H](O)CC[C@]6(C)[C@H]5CC[C@]34C)cc2-c2ccc(Cl)c(Cl)c2)cc1. The van der Waals surface area contributed by atoms with Crippen molar-refractivity contribution in [2.24, 2.45) is 28.6 Å². The van der Waals surface area contributed by atoms with Crippen molar-refractivity contribution in [1.82, 2.24) is 9.78 Å². The molecule has 4 aliphatic carbocycles. The second-order valence-electron chi connectivity index (χ2n) is 13.5. The van der Waals surface area contributed by atoms with Crippen molar-refractivity contribution in [3.8, 4) is 22.7 Å². The summed E-state index contributed by atoms with van der Waals surface area (Å²) >= 11 is 12.8. The molecule has 1 heterocycles. The van der Waals surface area contributed by atoms with Gasteiger partial charge in [-0.3, -0.25) is 0 Å². The minimum atomic E-state index is -0.152. The van der Waals surface area contributed by atoms with Crippen LogP contribution in [0.4, 0.5) is 0 Å². The summed E-state index contributed by atoms with van der Waals surface area (Å²) in [5.41, 5.74) is 6.25. The summed E-state index contributed by atoms with van der Waals surface area (Å²) in [6, 6.07) is 16.3. The van der Waals surface area contributed by atoms with E-state index in [1.807, 2.05) is 30.3 Å². The number of benzene rings is 2. The zero-order valence-electron chi connectivity index (χ0n) is 24.2. The van der Waals surface area contributed by atoms with Crippen LogP contribution in [0, 0.1) is 28.6 Å². The number of aliphatic hydroxyl groups excluding tert-OH is 1. The van der Waals surface area contributed by atoms with Gasteiger partial charge in [0.15, 0.2) is 0 Å². The molecule has 3 fully saturated rings. The third-order valence-corrected chi connectivity index (χ3v) is 12.4. The lowest BCUT2D eigenvalue weighted by Gasteiger charge is -2.58. The minimum Gasteiger partial charge on any atom is -0.497 e. The number of fused-ring (bicyclic) bond motifs is 5. The van der Waals surface area contributed by atoms with E-state index >= 15 is 0 Å². The van der Waals surface area contributed by atoms with Gasteiger partial charge in [-0.05, 0) is 122 Å². The summed E-state index contributed by atoms with van der Waals surface area (Å²) in [5.74, 6) is 3.40. The zero-order chi connectivity index (χ0) is 28.5. The molecule has 6 heteroatoms. The second-order valence-corrected chi connectivity index (χ2v) is 14.3. The number of aromatic nitrogens is 2. The molecule has 0 radical (unpaired) electrons. The van der Waals surface area contributed by atoms with Crippen LogP contribution in [0.1, 0.15) is 76.8 Å². The molecule has 4 nitrogen and oxygen atoms in total. The van der Waals surface area contributed by atoms with E-state index in [2.05, 4.69) is 42.8 Å². The summed E-state index contributed by atoms with van der Waals surface area (Å²) in [6.45, 7) is 5.07. The Morgan fingerprint density at radius 1 is 0.927 bits per heavy atom. The number of aliphatic hydroxyl groups is 1. The van der Waals surface area contributed by atoms with Gasteiger partial charge in [0.1, 0.15) is 5.75 Å². The van der Waals surface area contributed by atoms with Gasteiger partial charge in [-0.1, -0.05) is 54.8 Å². The van der Waals surface area contributed by atoms with Crippen LogP contribution in [0.5, 0.6) is 5.75 Å². The van der Waals surface area contributed by atoms with Crippen molar-refractivity contribution in [2.45, 2.75) is 77.2 Å². The standard InChI is InChI=1S/C35H40Cl2N2O2/c1-34-16-14-24(40)19-22(34)5-10-26-27-11-12-29(35(27,2)17-15-28(26)34)32-20-33(21-4-13-30(36)31(37)18-21)39(38-32)23-6-8-25(41-3)9-7-23/h4-9,13,18,20,24,26-29,40H,10-12,14-17,19H2,1-3H3/t24-,26-,27-,28-,29+,34-,35-/m0/s1. The van der Waals surface area contributed by atoms with Crippen LogP contribution in [0.15, 0.2) is 60.2 Å². The molecule has 0 unspecified atom stereocenters. The Balaban J connectivity index is 1.25. The first-order valence-corrected chi connectivity index (χ1v) is 16.0. The fraction of sp³-hybridized carbons (Fsp3) is 0.514. The maximum Gasteiger partial charge on any atom is 0.119 e. The van der Waals surface area contributed by atoms with E-state index in [0.717, 1.165) is 53.8 Å². The van der Waals surface area contributed by atoms with Crippen LogP contribution in [0.2, 0.25) is 10.0 Å². The molecule has 0 amide bonds. The Labute approximate surface area is 253 Å². The van der Waals surface area contributed by atoms with E-state index in [-0.39, 0.29) is 16.9 Å². The van der Waals surface area contributed by atoms with Gasteiger partial charge in [0.05, 0.1) is 40.3 Å².